The van der Waals surface area contributed by atoms with Gasteiger partial charge in [-0.1, -0.05) is 17.2 Å². The van der Waals surface area contributed by atoms with Crippen molar-refractivity contribution < 1.29 is 9.90 Å². The van der Waals surface area contributed by atoms with Crippen molar-refractivity contribution in [1.29, 1.82) is 0 Å². The second-order valence-corrected chi connectivity index (χ2v) is 8.42. The normalized spacial score (nSPS) is 27.4. The van der Waals surface area contributed by atoms with Crippen molar-refractivity contribution in [3.05, 3.63) is 23.0 Å². The van der Waals surface area contributed by atoms with Crippen LogP contribution in [0.25, 0.3) is 0 Å². The Morgan fingerprint density at radius 1 is 1.27 bits per heavy atom. The third-order valence-electron chi connectivity index (χ3n) is 6.67. The van der Waals surface area contributed by atoms with Crippen molar-refractivity contribution in [2.75, 3.05) is 0 Å². The molecule has 142 valence electrons. The van der Waals surface area contributed by atoms with Gasteiger partial charge in [-0.05, 0) is 70.6 Å². The summed E-state index contributed by atoms with van der Waals surface area (Å²) in [7, 11) is 0. The van der Waals surface area contributed by atoms with Crippen LogP contribution in [0.1, 0.15) is 76.8 Å². The van der Waals surface area contributed by atoms with Crippen LogP contribution in [0, 0.1) is 5.92 Å². The van der Waals surface area contributed by atoms with Crippen LogP contribution in [0.2, 0.25) is 0 Å². The van der Waals surface area contributed by atoms with Crippen LogP contribution in [0.3, 0.4) is 0 Å². The number of carbonyl (C=O) groups excluding carboxylic acids is 1. The Balaban J connectivity index is 1.38. The maximum absolute atomic E-state index is 12.6. The predicted octanol–water partition coefficient (Wildman–Crippen LogP) is 2.83. The summed E-state index contributed by atoms with van der Waals surface area (Å²) < 4.78 is 1.85. The van der Waals surface area contributed by atoms with E-state index in [4.69, 9.17) is 0 Å². The largest absolute Gasteiger partial charge is 0.383 e. The van der Waals surface area contributed by atoms with E-state index in [1.54, 1.807) is 0 Å². The predicted molar refractivity (Wildman–Crippen MR) is 98.2 cm³/mol. The first kappa shape index (κ1) is 17.7. The van der Waals surface area contributed by atoms with E-state index in [1.807, 2.05) is 17.8 Å². The lowest BCUT2D eigenvalue weighted by atomic mass is 9.78. The number of nitrogens with one attached hydrogen (secondary N) is 1. The summed E-state index contributed by atoms with van der Waals surface area (Å²) in [6.07, 6.45) is 12.4. The number of carbonyl (C=O) groups is 1. The van der Waals surface area contributed by atoms with Gasteiger partial charge in [0, 0.05) is 18.2 Å². The number of hydrogen-bond acceptors (Lipinski definition) is 4. The summed E-state index contributed by atoms with van der Waals surface area (Å²) in [6.45, 7) is 2.73. The third-order valence-corrected chi connectivity index (χ3v) is 6.67. The summed E-state index contributed by atoms with van der Waals surface area (Å²) in [5.41, 5.74) is 2.21. The molecule has 2 atom stereocenters. The molecule has 3 aliphatic carbocycles. The SMILES string of the molecule is CC(C(=O)N[C@@H]1CCC[C@@H]1Cn1cc(C2(O)CCC2)nn1)=C1CCCC1. The molecule has 1 heterocycles. The summed E-state index contributed by atoms with van der Waals surface area (Å²) in [5.74, 6) is 0.493. The van der Waals surface area contributed by atoms with Crippen LogP contribution >= 0.6 is 0 Å². The van der Waals surface area contributed by atoms with Crippen molar-refractivity contribution in [2.45, 2.75) is 89.3 Å². The van der Waals surface area contributed by atoms with E-state index in [0.717, 1.165) is 63.5 Å². The van der Waals surface area contributed by atoms with Crippen molar-refractivity contribution in [3.8, 4) is 0 Å². The van der Waals surface area contributed by atoms with Crippen LogP contribution in [-0.2, 0) is 16.9 Å². The molecule has 0 bridgehead atoms. The minimum atomic E-state index is -0.758. The lowest BCUT2D eigenvalue weighted by Gasteiger charge is -2.34. The summed E-state index contributed by atoms with van der Waals surface area (Å²) in [6, 6.07) is 0.207. The first-order chi connectivity index (χ1) is 12.5. The average Bonchev–Trinajstić information content (AvgIpc) is 3.35. The van der Waals surface area contributed by atoms with Crippen LogP contribution in [0.4, 0.5) is 0 Å². The molecule has 4 rings (SSSR count). The van der Waals surface area contributed by atoms with Crippen molar-refractivity contribution in [3.63, 3.8) is 0 Å². The summed E-state index contributed by atoms with van der Waals surface area (Å²) in [5, 5.41) is 22.1. The maximum Gasteiger partial charge on any atom is 0.247 e. The lowest BCUT2D eigenvalue weighted by molar-refractivity contribution is -0.118. The van der Waals surface area contributed by atoms with E-state index in [2.05, 4.69) is 15.6 Å². The second kappa shape index (κ2) is 7.14. The molecule has 0 unspecified atom stereocenters. The Morgan fingerprint density at radius 2 is 2.04 bits per heavy atom. The number of nitrogens with zero attached hydrogens (tertiary/aromatic N) is 3. The zero-order chi connectivity index (χ0) is 18.1. The number of aliphatic hydroxyl groups is 1. The second-order valence-electron chi connectivity index (χ2n) is 8.42. The minimum Gasteiger partial charge on any atom is -0.383 e. The van der Waals surface area contributed by atoms with Crippen LogP contribution in [0.15, 0.2) is 17.3 Å². The number of allylic oxidation sites excluding steroid dienone is 1. The first-order valence-electron chi connectivity index (χ1n) is 10.2. The average molecular weight is 358 g/mol. The smallest absolute Gasteiger partial charge is 0.247 e. The van der Waals surface area contributed by atoms with Gasteiger partial charge in [0.2, 0.25) is 5.91 Å². The summed E-state index contributed by atoms with van der Waals surface area (Å²) >= 11 is 0. The maximum atomic E-state index is 12.6. The molecular weight excluding hydrogens is 328 g/mol. The fraction of sp³-hybridized carbons (Fsp3) is 0.750. The van der Waals surface area contributed by atoms with Gasteiger partial charge in [0.1, 0.15) is 11.3 Å². The molecule has 6 nitrogen and oxygen atoms in total. The molecule has 0 aromatic carbocycles. The van der Waals surface area contributed by atoms with Gasteiger partial charge in [0.25, 0.3) is 0 Å². The van der Waals surface area contributed by atoms with Gasteiger partial charge >= 0.3 is 0 Å². The monoisotopic (exact) mass is 358 g/mol. The third kappa shape index (κ3) is 3.43. The van der Waals surface area contributed by atoms with Crippen LogP contribution in [-0.4, -0.2) is 32.0 Å². The van der Waals surface area contributed by atoms with Gasteiger partial charge in [-0.3, -0.25) is 9.48 Å². The van der Waals surface area contributed by atoms with Crippen LogP contribution < -0.4 is 5.32 Å². The Morgan fingerprint density at radius 3 is 2.73 bits per heavy atom. The van der Waals surface area contributed by atoms with Crippen molar-refractivity contribution in [1.82, 2.24) is 20.3 Å². The minimum absolute atomic E-state index is 0.113. The molecule has 2 N–H and O–H groups in total. The zero-order valence-corrected chi connectivity index (χ0v) is 15.7. The molecule has 6 heteroatoms. The number of aromatic nitrogens is 3. The number of rotatable bonds is 5. The van der Waals surface area contributed by atoms with E-state index >= 15 is 0 Å². The standard InChI is InChI=1S/C20H30N4O2/c1-14(15-6-2-3-7-15)19(25)21-17-9-4-8-16(17)12-24-13-18(22-23-24)20(26)10-5-11-20/h13,16-17,26H,2-12H2,1H3,(H,21,25)/t16-,17-/m1/s1. The van der Waals surface area contributed by atoms with E-state index in [9.17, 15) is 9.90 Å². The molecule has 3 aliphatic rings. The molecule has 1 aromatic heterocycles. The topological polar surface area (TPSA) is 80.0 Å². The highest BCUT2D eigenvalue weighted by Gasteiger charge is 2.39. The van der Waals surface area contributed by atoms with Gasteiger partial charge < -0.3 is 10.4 Å². The Kier molecular flexibility index (Phi) is 4.86. The van der Waals surface area contributed by atoms with Crippen molar-refractivity contribution >= 4 is 5.91 Å². The highest BCUT2D eigenvalue weighted by atomic mass is 16.3. The van der Waals surface area contributed by atoms with Gasteiger partial charge in [0.05, 0.1) is 6.20 Å². The molecule has 1 amide bonds. The van der Waals surface area contributed by atoms with Crippen molar-refractivity contribution in [2.24, 2.45) is 5.92 Å². The molecule has 0 aliphatic heterocycles. The Labute approximate surface area is 155 Å². The highest BCUT2D eigenvalue weighted by molar-refractivity contribution is 5.93. The van der Waals surface area contributed by atoms with Gasteiger partial charge in [0.15, 0.2) is 0 Å². The summed E-state index contributed by atoms with van der Waals surface area (Å²) in [4.78, 5) is 12.6. The van der Waals surface area contributed by atoms with Gasteiger partial charge in [-0.15, -0.1) is 5.10 Å². The highest BCUT2D eigenvalue weighted by Crippen LogP contribution is 2.40. The van der Waals surface area contributed by atoms with E-state index in [-0.39, 0.29) is 11.9 Å². The molecule has 3 saturated carbocycles. The number of hydrogen-bond donors (Lipinski definition) is 2. The van der Waals surface area contributed by atoms with E-state index in [0.29, 0.717) is 11.6 Å². The number of amides is 1. The Hall–Kier alpha value is -1.69. The molecular formula is C20H30N4O2. The van der Waals surface area contributed by atoms with E-state index < -0.39 is 5.60 Å². The molecule has 26 heavy (non-hydrogen) atoms. The van der Waals surface area contributed by atoms with Gasteiger partial charge in [-0.2, -0.15) is 0 Å². The van der Waals surface area contributed by atoms with Crippen LogP contribution in [0.5, 0.6) is 0 Å². The lowest BCUT2D eigenvalue weighted by Crippen LogP contribution is -2.39. The Bertz CT molecular complexity index is 696. The van der Waals surface area contributed by atoms with E-state index in [1.165, 1.54) is 18.4 Å². The quantitative estimate of drug-likeness (QED) is 0.793. The molecule has 0 saturated heterocycles. The molecule has 1 aromatic rings. The molecule has 0 radical (unpaired) electrons. The molecule has 0 spiro atoms. The fourth-order valence-electron chi connectivity index (χ4n) is 4.67. The van der Waals surface area contributed by atoms with Gasteiger partial charge in [-0.25, -0.2) is 0 Å². The zero-order valence-electron chi connectivity index (χ0n) is 15.7. The first-order valence-corrected chi connectivity index (χ1v) is 10.2. The fourth-order valence-corrected chi connectivity index (χ4v) is 4.67. The molecule has 3 fully saturated rings.